The van der Waals surface area contributed by atoms with E-state index in [9.17, 15) is 23.7 Å². The molecule has 0 saturated heterocycles. The fraction of sp³-hybridized carbons (Fsp3) is 0. The van der Waals surface area contributed by atoms with Gasteiger partial charge in [-0.1, -0.05) is 6.07 Å². The number of aromatic nitrogens is 1. The molecular weight excluding hydrogens is 272 g/mol. The lowest BCUT2D eigenvalue weighted by Crippen LogP contribution is -2.13. The Balaban J connectivity index is 2.26. The minimum absolute atomic E-state index is 0.0537. The average molecular weight is 279 g/mol. The molecule has 2 aromatic rings. The fourth-order valence-electron chi connectivity index (χ4n) is 1.46. The predicted molar refractivity (Wildman–Crippen MR) is 65.2 cm³/mol. The second-order valence-corrected chi connectivity index (χ2v) is 3.72. The van der Waals surface area contributed by atoms with Crippen molar-refractivity contribution in [3.05, 3.63) is 63.8 Å². The van der Waals surface area contributed by atoms with Crippen LogP contribution in [0.2, 0.25) is 0 Å². The van der Waals surface area contributed by atoms with Gasteiger partial charge in [0.1, 0.15) is 5.82 Å². The van der Waals surface area contributed by atoms with E-state index in [0.717, 1.165) is 24.3 Å². The number of benzene rings is 1. The van der Waals surface area contributed by atoms with Crippen LogP contribution in [0.15, 0.2) is 36.4 Å². The predicted octanol–water partition coefficient (Wildman–Crippen LogP) is 2.52. The Hall–Kier alpha value is -2.90. The first kappa shape index (κ1) is 13.5. The van der Waals surface area contributed by atoms with E-state index >= 15 is 0 Å². The summed E-state index contributed by atoms with van der Waals surface area (Å²) in [6.07, 6.45) is 0. The van der Waals surface area contributed by atoms with Crippen molar-refractivity contribution in [1.29, 1.82) is 0 Å². The van der Waals surface area contributed by atoms with E-state index in [-0.39, 0.29) is 11.4 Å². The molecule has 0 fully saturated rings. The Labute approximate surface area is 111 Å². The number of nitrogens with zero attached hydrogens (tertiary/aromatic N) is 2. The zero-order valence-corrected chi connectivity index (χ0v) is 9.84. The number of amides is 1. The average Bonchev–Trinajstić information content (AvgIpc) is 2.38. The topological polar surface area (TPSA) is 85.1 Å². The molecule has 20 heavy (non-hydrogen) atoms. The van der Waals surface area contributed by atoms with Crippen LogP contribution in [0.4, 0.5) is 20.3 Å². The second-order valence-electron chi connectivity index (χ2n) is 3.72. The van der Waals surface area contributed by atoms with Crippen LogP contribution in [-0.2, 0) is 0 Å². The number of halogens is 2. The van der Waals surface area contributed by atoms with Crippen molar-refractivity contribution in [2.24, 2.45) is 0 Å². The highest BCUT2D eigenvalue weighted by atomic mass is 19.1. The Morgan fingerprint density at radius 3 is 2.65 bits per heavy atom. The molecule has 1 heterocycles. The third-order valence-electron chi connectivity index (χ3n) is 2.36. The molecule has 0 aliphatic heterocycles. The SMILES string of the molecule is O=C(Nc1cccc(F)n1)c1ccc(F)c([N+](=O)[O-])c1. The number of rotatable bonds is 3. The van der Waals surface area contributed by atoms with Crippen LogP contribution in [0.5, 0.6) is 0 Å². The summed E-state index contributed by atoms with van der Waals surface area (Å²) in [4.78, 5) is 24.8. The zero-order valence-electron chi connectivity index (χ0n) is 9.84. The first-order chi connectivity index (χ1) is 9.47. The van der Waals surface area contributed by atoms with Crippen molar-refractivity contribution in [2.45, 2.75) is 0 Å². The highest BCUT2D eigenvalue weighted by molar-refractivity contribution is 6.04. The monoisotopic (exact) mass is 279 g/mol. The minimum Gasteiger partial charge on any atom is -0.306 e. The largest absolute Gasteiger partial charge is 0.306 e. The lowest BCUT2D eigenvalue weighted by Gasteiger charge is -2.04. The molecule has 1 amide bonds. The molecule has 0 atom stereocenters. The highest BCUT2D eigenvalue weighted by Crippen LogP contribution is 2.19. The van der Waals surface area contributed by atoms with E-state index in [1.807, 2.05) is 0 Å². The number of hydrogen-bond donors (Lipinski definition) is 1. The molecule has 0 aliphatic rings. The molecule has 0 spiro atoms. The number of hydrogen-bond acceptors (Lipinski definition) is 4. The number of anilines is 1. The van der Waals surface area contributed by atoms with Gasteiger partial charge < -0.3 is 5.32 Å². The van der Waals surface area contributed by atoms with Gasteiger partial charge in [0.05, 0.1) is 4.92 Å². The van der Waals surface area contributed by atoms with Gasteiger partial charge in [-0.05, 0) is 24.3 Å². The lowest BCUT2D eigenvalue weighted by atomic mass is 10.2. The smallest absolute Gasteiger partial charge is 0.305 e. The van der Waals surface area contributed by atoms with E-state index in [1.165, 1.54) is 12.1 Å². The molecule has 0 unspecified atom stereocenters. The minimum atomic E-state index is -1.05. The summed E-state index contributed by atoms with van der Waals surface area (Å²) in [5, 5.41) is 12.8. The lowest BCUT2D eigenvalue weighted by molar-refractivity contribution is -0.387. The molecule has 0 radical (unpaired) electrons. The summed E-state index contributed by atoms with van der Waals surface area (Å²) in [5.41, 5.74) is -0.950. The third kappa shape index (κ3) is 2.91. The van der Waals surface area contributed by atoms with Gasteiger partial charge in [-0.15, -0.1) is 0 Å². The van der Waals surface area contributed by atoms with Crippen molar-refractivity contribution in [1.82, 2.24) is 4.98 Å². The molecule has 1 aromatic carbocycles. The highest BCUT2D eigenvalue weighted by Gasteiger charge is 2.17. The summed E-state index contributed by atoms with van der Waals surface area (Å²) in [7, 11) is 0. The molecule has 102 valence electrons. The molecular formula is C12H7F2N3O3. The second kappa shape index (κ2) is 5.39. The zero-order chi connectivity index (χ0) is 14.7. The number of carbonyl (C=O) groups is 1. The van der Waals surface area contributed by atoms with Crippen molar-refractivity contribution in [3.8, 4) is 0 Å². The van der Waals surface area contributed by atoms with E-state index in [0.29, 0.717) is 0 Å². The van der Waals surface area contributed by atoms with E-state index < -0.39 is 28.3 Å². The van der Waals surface area contributed by atoms with Crippen LogP contribution < -0.4 is 5.32 Å². The van der Waals surface area contributed by atoms with E-state index in [4.69, 9.17) is 0 Å². The molecule has 1 aromatic heterocycles. The molecule has 1 N–H and O–H groups in total. The maximum atomic E-state index is 13.1. The Morgan fingerprint density at radius 1 is 1.25 bits per heavy atom. The van der Waals surface area contributed by atoms with Crippen LogP contribution >= 0.6 is 0 Å². The molecule has 2 rings (SSSR count). The van der Waals surface area contributed by atoms with Crippen LogP contribution in [0, 0.1) is 21.9 Å². The summed E-state index contributed by atoms with van der Waals surface area (Å²) in [6, 6.07) is 6.47. The van der Waals surface area contributed by atoms with Gasteiger partial charge >= 0.3 is 5.69 Å². The number of nitro groups is 1. The molecule has 0 saturated carbocycles. The number of nitrogens with one attached hydrogen (secondary N) is 1. The van der Waals surface area contributed by atoms with Gasteiger partial charge in [0.2, 0.25) is 11.8 Å². The fourth-order valence-corrected chi connectivity index (χ4v) is 1.46. The number of pyridine rings is 1. The van der Waals surface area contributed by atoms with Gasteiger partial charge in [-0.25, -0.2) is 4.98 Å². The van der Waals surface area contributed by atoms with Crippen molar-refractivity contribution in [2.75, 3.05) is 5.32 Å². The van der Waals surface area contributed by atoms with Gasteiger partial charge in [-0.3, -0.25) is 14.9 Å². The Morgan fingerprint density at radius 2 is 2.00 bits per heavy atom. The number of nitro benzene ring substituents is 1. The van der Waals surface area contributed by atoms with Crippen LogP contribution in [0.3, 0.4) is 0 Å². The Bertz CT molecular complexity index is 691. The molecule has 0 bridgehead atoms. The summed E-state index contributed by atoms with van der Waals surface area (Å²) in [5.74, 6) is -2.64. The molecule has 8 heteroatoms. The Kier molecular flexibility index (Phi) is 3.65. The van der Waals surface area contributed by atoms with Crippen LogP contribution in [-0.4, -0.2) is 15.8 Å². The molecule has 0 aliphatic carbocycles. The quantitative estimate of drug-likeness (QED) is 0.531. The third-order valence-corrected chi connectivity index (χ3v) is 2.36. The summed E-state index contributed by atoms with van der Waals surface area (Å²) in [6.45, 7) is 0. The van der Waals surface area contributed by atoms with Gasteiger partial charge in [0.15, 0.2) is 0 Å². The normalized spacial score (nSPS) is 10.1. The van der Waals surface area contributed by atoms with Crippen molar-refractivity contribution >= 4 is 17.4 Å². The van der Waals surface area contributed by atoms with Crippen molar-refractivity contribution in [3.63, 3.8) is 0 Å². The first-order valence-electron chi connectivity index (χ1n) is 5.35. The van der Waals surface area contributed by atoms with Crippen molar-refractivity contribution < 1.29 is 18.5 Å². The molecule has 6 nitrogen and oxygen atoms in total. The van der Waals surface area contributed by atoms with Gasteiger partial charge in [-0.2, -0.15) is 8.78 Å². The van der Waals surface area contributed by atoms with E-state index in [1.54, 1.807) is 0 Å². The first-order valence-corrected chi connectivity index (χ1v) is 5.35. The summed E-state index contributed by atoms with van der Waals surface area (Å²) >= 11 is 0. The van der Waals surface area contributed by atoms with Gasteiger partial charge in [0.25, 0.3) is 5.91 Å². The number of carbonyl (C=O) groups excluding carboxylic acids is 1. The van der Waals surface area contributed by atoms with E-state index in [2.05, 4.69) is 10.3 Å². The van der Waals surface area contributed by atoms with Gasteiger partial charge in [0, 0.05) is 11.6 Å². The maximum Gasteiger partial charge on any atom is 0.305 e. The standard InChI is InChI=1S/C12H7F2N3O3/c13-8-5-4-7(6-9(8)17(19)20)12(18)16-11-3-1-2-10(14)15-11/h1-6H,(H,15,16,18). The van der Waals surface area contributed by atoms with Crippen LogP contribution in [0.25, 0.3) is 0 Å². The van der Waals surface area contributed by atoms with Crippen LogP contribution in [0.1, 0.15) is 10.4 Å². The maximum absolute atomic E-state index is 13.1. The summed E-state index contributed by atoms with van der Waals surface area (Å²) < 4.78 is 26.0.